The van der Waals surface area contributed by atoms with E-state index in [9.17, 15) is 4.79 Å². The maximum absolute atomic E-state index is 10.8. The van der Waals surface area contributed by atoms with Gasteiger partial charge < -0.3 is 15.6 Å². The summed E-state index contributed by atoms with van der Waals surface area (Å²) in [6, 6.07) is 5.17. The van der Waals surface area contributed by atoms with Crippen LogP contribution in [0.4, 0.5) is 5.69 Å². The molecule has 3 N–H and O–H groups in total. The molecule has 15 heavy (non-hydrogen) atoms. The SMILES string of the molecule is CCC(Oc1c(N)cccc1Br)C(=O)O. The Morgan fingerprint density at radius 2 is 2.33 bits per heavy atom. The molecule has 0 saturated carbocycles. The van der Waals surface area contributed by atoms with Gasteiger partial charge in [-0.05, 0) is 34.5 Å². The van der Waals surface area contributed by atoms with E-state index in [0.717, 1.165) is 0 Å². The number of carboxylic acids is 1. The molecule has 1 unspecified atom stereocenters. The second-order valence-corrected chi connectivity index (χ2v) is 3.87. The predicted octanol–water partition coefficient (Wildman–Crippen LogP) is 2.27. The first kappa shape index (κ1) is 11.8. The van der Waals surface area contributed by atoms with Crippen LogP contribution >= 0.6 is 15.9 Å². The standard InChI is InChI=1S/C10H12BrNO3/c1-2-8(10(13)14)15-9-6(11)4-3-5-7(9)12/h3-5,8H,2,12H2,1H3,(H,13,14). The van der Waals surface area contributed by atoms with E-state index in [2.05, 4.69) is 15.9 Å². The number of carboxylic acid groups (broad SMARTS) is 1. The van der Waals surface area contributed by atoms with E-state index >= 15 is 0 Å². The second kappa shape index (κ2) is 5.02. The molecule has 1 aromatic rings. The van der Waals surface area contributed by atoms with Gasteiger partial charge in [-0.25, -0.2) is 4.79 Å². The summed E-state index contributed by atoms with van der Waals surface area (Å²) in [5.41, 5.74) is 6.10. The molecule has 1 aromatic carbocycles. The summed E-state index contributed by atoms with van der Waals surface area (Å²) in [7, 11) is 0. The van der Waals surface area contributed by atoms with E-state index in [1.54, 1.807) is 25.1 Å². The van der Waals surface area contributed by atoms with Gasteiger partial charge in [0.1, 0.15) is 0 Å². The summed E-state index contributed by atoms with van der Waals surface area (Å²) >= 11 is 3.26. The van der Waals surface area contributed by atoms with Gasteiger partial charge in [0.15, 0.2) is 11.9 Å². The number of nitrogen functional groups attached to an aromatic ring is 1. The van der Waals surface area contributed by atoms with Crippen molar-refractivity contribution in [2.75, 3.05) is 5.73 Å². The first-order valence-corrected chi connectivity index (χ1v) is 5.29. The minimum atomic E-state index is -0.993. The van der Waals surface area contributed by atoms with E-state index in [1.165, 1.54) is 0 Å². The molecule has 0 bridgehead atoms. The second-order valence-electron chi connectivity index (χ2n) is 3.01. The molecular weight excluding hydrogens is 262 g/mol. The van der Waals surface area contributed by atoms with Gasteiger partial charge in [-0.1, -0.05) is 13.0 Å². The molecule has 0 aromatic heterocycles. The minimum Gasteiger partial charge on any atom is -0.479 e. The Morgan fingerprint density at radius 3 is 2.80 bits per heavy atom. The van der Waals surface area contributed by atoms with Gasteiger partial charge in [0.2, 0.25) is 0 Å². The monoisotopic (exact) mass is 273 g/mol. The molecule has 1 rings (SSSR count). The molecule has 0 fully saturated rings. The molecule has 0 aliphatic heterocycles. The normalized spacial score (nSPS) is 12.1. The zero-order chi connectivity index (χ0) is 11.4. The van der Waals surface area contributed by atoms with Crippen molar-refractivity contribution in [3.05, 3.63) is 22.7 Å². The quantitative estimate of drug-likeness (QED) is 0.826. The first-order chi connectivity index (χ1) is 7.06. The minimum absolute atomic E-state index is 0.381. The maximum Gasteiger partial charge on any atom is 0.344 e. The number of hydrogen-bond acceptors (Lipinski definition) is 3. The number of anilines is 1. The van der Waals surface area contributed by atoms with E-state index in [1.807, 2.05) is 0 Å². The zero-order valence-corrected chi connectivity index (χ0v) is 9.82. The zero-order valence-electron chi connectivity index (χ0n) is 8.24. The van der Waals surface area contributed by atoms with Gasteiger partial charge in [-0.2, -0.15) is 0 Å². The lowest BCUT2D eigenvalue weighted by Gasteiger charge is -2.15. The van der Waals surface area contributed by atoms with Crippen molar-refractivity contribution in [2.45, 2.75) is 19.4 Å². The van der Waals surface area contributed by atoms with Gasteiger partial charge in [0.05, 0.1) is 10.2 Å². The summed E-state index contributed by atoms with van der Waals surface area (Å²) in [4.78, 5) is 10.8. The highest BCUT2D eigenvalue weighted by Crippen LogP contribution is 2.32. The maximum atomic E-state index is 10.8. The first-order valence-electron chi connectivity index (χ1n) is 4.49. The van der Waals surface area contributed by atoms with Crippen molar-refractivity contribution in [3.63, 3.8) is 0 Å². The smallest absolute Gasteiger partial charge is 0.344 e. The lowest BCUT2D eigenvalue weighted by atomic mass is 10.2. The third kappa shape index (κ3) is 2.86. The molecule has 0 aliphatic carbocycles. The van der Waals surface area contributed by atoms with Crippen LogP contribution in [0.25, 0.3) is 0 Å². The third-order valence-electron chi connectivity index (χ3n) is 1.90. The number of benzene rings is 1. The number of nitrogens with two attached hydrogens (primary N) is 1. The molecule has 0 heterocycles. The van der Waals surface area contributed by atoms with E-state index in [0.29, 0.717) is 22.3 Å². The highest BCUT2D eigenvalue weighted by Gasteiger charge is 2.19. The Morgan fingerprint density at radius 1 is 1.67 bits per heavy atom. The van der Waals surface area contributed by atoms with Crippen LogP contribution in [-0.4, -0.2) is 17.2 Å². The number of aliphatic carboxylic acids is 1. The van der Waals surface area contributed by atoms with Crippen LogP contribution in [0.2, 0.25) is 0 Å². The number of para-hydroxylation sites is 1. The number of halogens is 1. The van der Waals surface area contributed by atoms with Crippen LogP contribution in [0, 0.1) is 0 Å². The molecule has 4 nitrogen and oxygen atoms in total. The topological polar surface area (TPSA) is 72.5 Å². The van der Waals surface area contributed by atoms with E-state index in [4.69, 9.17) is 15.6 Å². The van der Waals surface area contributed by atoms with Gasteiger partial charge in [-0.3, -0.25) is 0 Å². The third-order valence-corrected chi connectivity index (χ3v) is 2.53. The van der Waals surface area contributed by atoms with Crippen LogP contribution in [0.1, 0.15) is 13.3 Å². The van der Waals surface area contributed by atoms with Crippen molar-refractivity contribution in [3.8, 4) is 5.75 Å². The summed E-state index contributed by atoms with van der Waals surface area (Å²) < 4.78 is 5.97. The molecule has 0 aliphatic rings. The predicted molar refractivity (Wildman–Crippen MR) is 60.9 cm³/mol. The fraction of sp³-hybridized carbons (Fsp3) is 0.300. The highest BCUT2D eigenvalue weighted by atomic mass is 79.9. The van der Waals surface area contributed by atoms with Crippen molar-refractivity contribution in [1.82, 2.24) is 0 Å². The fourth-order valence-corrected chi connectivity index (χ4v) is 1.58. The summed E-state index contributed by atoms with van der Waals surface area (Å²) in [5, 5.41) is 8.84. The van der Waals surface area contributed by atoms with Gasteiger partial charge in [0.25, 0.3) is 0 Å². The van der Waals surface area contributed by atoms with E-state index in [-0.39, 0.29) is 0 Å². The molecule has 0 amide bonds. The molecule has 1 atom stereocenters. The number of ether oxygens (including phenoxy) is 1. The Labute approximate surface area is 96.2 Å². The Bertz CT molecular complexity index is 347. The summed E-state index contributed by atoms with van der Waals surface area (Å²) in [5.74, 6) is -0.612. The Kier molecular flexibility index (Phi) is 3.96. The molecule has 0 saturated heterocycles. The fourth-order valence-electron chi connectivity index (χ4n) is 1.10. The van der Waals surface area contributed by atoms with Crippen molar-refractivity contribution >= 4 is 27.6 Å². The lowest BCUT2D eigenvalue weighted by molar-refractivity contribution is -0.145. The number of rotatable bonds is 4. The molecular formula is C10H12BrNO3. The van der Waals surface area contributed by atoms with Gasteiger partial charge in [-0.15, -0.1) is 0 Å². The van der Waals surface area contributed by atoms with Crippen LogP contribution < -0.4 is 10.5 Å². The summed E-state index contributed by atoms with van der Waals surface area (Å²) in [6.45, 7) is 1.74. The average Bonchev–Trinajstić information content (AvgIpc) is 2.17. The van der Waals surface area contributed by atoms with Gasteiger partial charge >= 0.3 is 5.97 Å². The molecule has 0 radical (unpaired) electrons. The van der Waals surface area contributed by atoms with Crippen molar-refractivity contribution in [2.24, 2.45) is 0 Å². The molecule has 5 heteroatoms. The van der Waals surface area contributed by atoms with Crippen LogP contribution in [0.5, 0.6) is 5.75 Å². The van der Waals surface area contributed by atoms with Crippen molar-refractivity contribution in [1.29, 1.82) is 0 Å². The van der Waals surface area contributed by atoms with Crippen LogP contribution in [0.15, 0.2) is 22.7 Å². The molecule has 0 spiro atoms. The average molecular weight is 274 g/mol. The highest BCUT2D eigenvalue weighted by molar-refractivity contribution is 9.10. The van der Waals surface area contributed by atoms with Crippen LogP contribution in [-0.2, 0) is 4.79 Å². The van der Waals surface area contributed by atoms with Crippen LogP contribution in [0.3, 0.4) is 0 Å². The number of carbonyl (C=O) groups is 1. The van der Waals surface area contributed by atoms with E-state index < -0.39 is 12.1 Å². The van der Waals surface area contributed by atoms with Gasteiger partial charge in [0, 0.05) is 0 Å². The number of hydrogen-bond donors (Lipinski definition) is 2. The molecule has 82 valence electrons. The summed E-state index contributed by atoms with van der Waals surface area (Å²) in [6.07, 6.45) is -0.484. The van der Waals surface area contributed by atoms with Crippen molar-refractivity contribution < 1.29 is 14.6 Å². The Balaban J connectivity index is 2.92. The Hall–Kier alpha value is -1.23. The lowest BCUT2D eigenvalue weighted by Crippen LogP contribution is -2.26. The largest absolute Gasteiger partial charge is 0.479 e.